The van der Waals surface area contributed by atoms with Crippen LogP contribution in [0, 0.1) is 0 Å². The van der Waals surface area contributed by atoms with Crippen LogP contribution in [0.25, 0.3) is 10.9 Å². The second kappa shape index (κ2) is 11.0. The number of pyridine rings is 1. The third kappa shape index (κ3) is 5.71. The lowest BCUT2D eigenvalue weighted by Crippen LogP contribution is -2.24. The van der Waals surface area contributed by atoms with Crippen molar-refractivity contribution in [2.45, 2.75) is 39.3 Å². The molecule has 0 radical (unpaired) electrons. The molecule has 8 nitrogen and oxygen atoms in total. The Hall–Kier alpha value is -3.36. The van der Waals surface area contributed by atoms with Gasteiger partial charge in [-0.25, -0.2) is 0 Å². The quantitative estimate of drug-likeness (QED) is 0.353. The molecule has 2 aromatic carbocycles. The van der Waals surface area contributed by atoms with E-state index in [1.165, 1.54) is 0 Å². The molecule has 3 rings (SSSR count). The van der Waals surface area contributed by atoms with Gasteiger partial charge in [-0.05, 0) is 36.6 Å². The highest BCUT2D eigenvalue weighted by molar-refractivity contribution is 5.98. The summed E-state index contributed by atoms with van der Waals surface area (Å²) < 4.78 is 10.9. The first-order valence-corrected chi connectivity index (χ1v) is 11.0. The fourth-order valence-corrected chi connectivity index (χ4v) is 3.91. The van der Waals surface area contributed by atoms with Gasteiger partial charge in [0.2, 0.25) is 5.91 Å². The van der Waals surface area contributed by atoms with E-state index in [4.69, 9.17) is 15.2 Å². The van der Waals surface area contributed by atoms with E-state index >= 15 is 0 Å². The van der Waals surface area contributed by atoms with Crippen LogP contribution in [0.15, 0.2) is 36.5 Å². The van der Waals surface area contributed by atoms with Gasteiger partial charge in [0.1, 0.15) is 0 Å². The first kappa shape index (κ1) is 24.3. The second-order valence-corrected chi connectivity index (χ2v) is 7.93. The molecule has 0 bridgehead atoms. The van der Waals surface area contributed by atoms with Gasteiger partial charge in [0.25, 0.3) is 0 Å². The molecule has 0 aliphatic carbocycles. The third-order valence-corrected chi connectivity index (χ3v) is 5.46. The number of aliphatic hydroxyl groups excluding tert-OH is 1. The van der Waals surface area contributed by atoms with Gasteiger partial charge in [0, 0.05) is 42.0 Å². The topological polar surface area (TPSA) is 119 Å². The minimum atomic E-state index is -0.438. The number of methoxy groups -OCH3 is 2. The van der Waals surface area contributed by atoms with Crippen molar-refractivity contribution >= 4 is 28.2 Å². The van der Waals surface area contributed by atoms with Crippen molar-refractivity contribution in [1.29, 1.82) is 0 Å². The lowest BCUT2D eigenvalue weighted by atomic mass is 10.0. The van der Waals surface area contributed by atoms with Crippen LogP contribution in [-0.2, 0) is 24.2 Å². The number of carbonyl (C=O) groups is 1. The molecule has 0 saturated carbocycles. The molecule has 5 N–H and O–H groups in total. The number of anilines is 2. The van der Waals surface area contributed by atoms with Gasteiger partial charge >= 0.3 is 0 Å². The van der Waals surface area contributed by atoms with Crippen LogP contribution in [0.2, 0.25) is 0 Å². The molecule has 0 fully saturated rings. The normalized spacial score (nSPS) is 11.9. The molecule has 1 aromatic heterocycles. The Balaban J connectivity index is 2.11. The van der Waals surface area contributed by atoms with E-state index in [1.54, 1.807) is 27.3 Å². The molecule has 1 atom stereocenters. The summed E-state index contributed by atoms with van der Waals surface area (Å²) in [5, 5.41) is 17.2. The molecule has 3 aromatic rings. The number of amides is 1. The number of rotatable bonds is 11. The fraction of sp³-hybridized carbons (Fsp3) is 0.360. The van der Waals surface area contributed by atoms with Gasteiger partial charge < -0.3 is 30.9 Å². The number of hydrogen-bond donors (Lipinski definition) is 4. The molecule has 33 heavy (non-hydrogen) atoms. The third-order valence-electron chi connectivity index (χ3n) is 5.46. The molecule has 0 spiro atoms. The number of aromatic nitrogens is 1. The summed E-state index contributed by atoms with van der Waals surface area (Å²) in [6.07, 6.45) is 2.11. The molecule has 0 aliphatic heterocycles. The van der Waals surface area contributed by atoms with Crippen LogP contribution in [0.5, 0.6) is 11.5 Å². The van der Waals surface area contributed by atoms with Crippen molar-refractivity contribution in [1.82, 2.24) is 10.3 Å². The number of nitrogens with one attached hydrogen (secondary N) is 2. The number of aliphatic hydroxyl groups is 1. The maximum absolute atomic E-state index is 11.8. The highest BCUT2D eigenvalue weighted by Gasteiger charge is 2.17. The monoisotopic (exact) mass is 452 g/mol. The van der Waals surface area contributed by atoms with Crippen molar-refractivity contribution in [3.05, 3.63) is 53.2 Å². The largest absolute Gasteiger partial charge is 0.493 e. The Bertz CT molecular complexity index is 1130. The van der Waals surface area contributed by atoms with Crippen LogP contribution >= 0.6 is 0 Å². The van der Waals surface area contributed by atoms with Crippen LogP contribution in [0.1, 0.15) is 30.5 Å². The van der Waals surface area contributed by atoms with Gasteiger partial charge in [0.15, 0.2) is 11.5 Å². The minimum Gasteiger partial charge on any atom is -0.493 e. The number of nitrogens with two attached hydrogens (primary N) is 1. The number of benzene rings is 2. The first-order valence-electron chi connectivity index (χ1n) is 11.0. The smallest absolute Gasteiger partial charge is 0.221 e. The minimum absolute atomic E-state index is 0.0523. The van der Waals surface area contributed by atoms with Crippen molar-refractivity contribution in [3.63, 3.8) is 0 Å². The van der Waals surface area contributed by atoms with Gasteiger partial charge in [-0.3, -0.25) is 9.78 Å². The fourth-order valence-electron chi connectivity index (χ4n) is 3.91. The SMILES string of the molecule is CCc1c(CNCC(C)O)cccc1Nc1c(CC(N)=O)cnc2cc(OC)c(OC)cc12. The van der Waals surface area contributed by atoms with Crippen molar-refractivity contribution in [2.24, 2.45) is 5.73 Å². The molecule has 8 heteroatoms. The van der Waals surface area contributed by atoms with Crippen molar-refractivity contribution < 1.29 is 19.4 Å². The highest BCUT2D eigenvalue weighted by atomic mass is 16.5. The van der Waals surface area contributed by atoms with Crippen molar-refractivity contribution in [2.75, 3.05) is 26.1 Å². The zero-order valence-corrected chi connectivity index (χ0v) is 19.6. The maximum Gasteiger partial charge on any atom is 0.221 e. The summed E-state index contributed by atoms with van der Waals surface area (Å²) in [7, 11) is 3.16. The molecular weight excluding hydrogens is 420 g/mol. The molecule has 176 valence electrons. The summed E-state index contributed by atoms with van der Waals surface area (Å²) >= 11 is 0. The number of hydrogen-bond acceptors (Lipinski definition) is 7. The standard InChI is InChI=1S/C25H32N4O4/c1-5-18-16(13-27-12-15(2)30)7-6-8-20(18)29-25-17(9-24(26)31)14-28-21-11-23(33-4)22(32-3)10-19(21)25/h6-8,10-11,14-15,27,30H,5,9,12-13H2,1-4H3,(H2,26,31)(H,28,29). The van der Waals surface area contributed by atoms with E-state index in [9.17, 15) is 9.90 Å². The zero-order chi connectivity index (χ0) is 24.0. The highest BCUT2D eigenvalue weighted by Crippen LogP contribution is 2.38. The lowest BCUT2D eigenvalue weighted by Gasteiger charge is -2.20. The van der Waals surface area contributed by atoms with Gasteiger partial charge in [0.05, 0.1) is 37.9 Å². The molecule has 1 heterocycles. The summed E-state index contributed by atoms with van der Waals surface area (Å²) in [5.74, 6) is 0.705. The summed E-state index contributed by atoms with van der Waals surface area (Å²) in [5.41, 5.74) is 10.9. The number of carbonyl (C=O) groups excluding carboxylic acids is 1. The van der Waals surface area contributed by atoms with E-state index in [1.807, 2.05) is 24.3 Å². The Kier molecular flexibility index (Phi) is 8.08. The zero-order valence-electron chi connectivity index (χ0n) is 19.6. The predicted octanol–water partition coefficient (Wildman–Crippen LogP) is 3.06. The molecule has 0 aliphatic rings. The number of ether oxygens (including phenoxy) is 2. The summed E-state index contributed by atoms with van der Waals surface area (Å²) in [6.45, 7) is 5.01. The van der Waals surface area contributed by atoms with E-state index in [2.05, 4.69) is 28.6 Å². The summed E-state index contributed by atoms with van der Waals surface area (Å²) in [4.78, 5) is 16.3. The average molecular weight is 453 g/mol. The second-order valence-electron chi connectivity index (χ2n) is 7.93. The Morgan fingerprint density at radius 3 is 2.55 bits per heavy atom. The summed E-state index contributed by atoms with van der Waals surface area (Å²) in [6, 6.07) is 9.74. The van der Waals surface area contributed by atoms with Crippen molar-refractivity contribution in [3.8, 4) is 11.5 Å². The number of nitrogens with zero attached hydrogens (tertiary/aromatic N) is 1. The average Bonchev–Trinajstić information content (AvgIpc) is 2.79. The predicted molar refractivity (Wildman–Crippen MR) is 130 cm³/mol. The maximum atomic E-state index is 11.8. The lowest BCUT2D eigenvalue weighted by molar-refractivity contribution is -0.117. The van der Waals surface area contributed by atoms with E-state index in [-0.39, 0.29) is 6.42 Å². The van der Waals surface area contributed by atoms with Crippen LogP contribution < -0.4 is 25.8 Å². The van der Waals surface area contributed by atoms with E-state index in [0.717, 1.165) is 34.3 Å². The number of fused-ring (bicyclic) bond motifs is 1. The Labute approximate surface area is 194 Å². The number of primary amides is 1. The van der Waals surface area contributed by atoms with Crippen LogP contribution in [0.3, 0.4) is 0 Å². The van der Waals surface area contributed by atoms with Gasteiger partial charge in [-0.2, -0.15) is 0 Å². The van der Waals surface area contributed by atoms with Crippen LogP contribution in [0.4, 0.5) is 11.4 Å². The van der Waals surface area contributed by atoms with E-state index in [0.29, 0.717) is 35.7 Å². The van der Waals surface area contributed by atoms with Gasteiger partial charge in [-0.1, -0.05) is 19.1 Å². The van der Waals surface area contributed by atoms with Crippen LogP contribution in [-0.4, -0.2) is 42.9 Å². The first-order chi connectivity index (χ1) is 15.9. The molecular formula is C25H32N4O4. The van der Waals surface area contributed by atoms with Gasteiger partial charge in [-0.15, -0.1) is 0 Å². The molecule has 0 saturated heterocycles. The Morgan fingerprint density at radius 2 is 1.91 bits per heavy atom. The molecule has 1 unspecified atom stereocenters. The molecule has 1 amide bonds. The van der Waals surface area contributed by atoms with E-state index < -0.39 is 12.0 Å². The Morgan fingerprint density at radius 1 is 1.18 bits per heavy atom.